The van der Waals surface area contributed by atoms with Crippen LogP contribution in [-0.2, 0) is 25.9 Å². The molecule has 0 atom stereocenters. The van der Waals surface area contributed by atoms with Gasteiger partial charge in [0.15, 0.2) is 0 Å². The summed E-state index contributed by atoms with van der Waals surface area (Å²) in [4.78, 5) is 10.3. The maximum absolute atomic E-state index is 10.3. The standard InChI is InChI=1S/C7H13O.W/c1-3-4-5-6-7(2)8;/h6H,3-5H2,1-2H3;/q-1;. The Morgan fingerprint density at radius 3 is 2.44 bits per heavy atom. The maximum Gasteiger partial charge on any atom is 0 e. The largest absolute Gasteiger partial charge is 0.335 e. The van der Waals surface area contributed by atoms with Gasteiger partial charge in [0.05, 0.1) is 0 Å². The summed E-state index contributed by atoms with van der Waals surface area (Å²) in [6.07, 6.45) is 5.00. The third kappa shape index (κ3) is 11.7. The van der Waals surface area contributed by atoms with Crippen molar-refractivity contribution >= 4 is 5.78 Å². The van der Waals surface area contributed by atoms with Crippen LogP contribution in [0.2, 0.25) is 0 Å². The molecule has 0 unspecified atom stereocenters. The van der Waals surface area contributed by atoms with Crippen molar-refractivity contribution in [3.63, 3.8) is 0 Å². The fourth-order valence-corrected chi connectivity index (χ4v) is 0.509. The fourth-order valence-electron chi connectivity index (χ4n) is 0.509. The summed E-state index contributed by atoms with van der Waals surface area (Å²) in [5, 5.41) is 0. The minimum absolute atomic E-state index is 0. The van der Waals surface area contributed by atoms with Gasteiger partial charge in [-0.15, -0.1) is 0 Å². The van der Waals surface area contributed by atoms with Gasteiger partial charge in [0, 0.05) is 21.1 Å². The predicted octanol–water partition coefficient (Wildman–Crippen LogP) is 1.97. The van der Waals surface area contributed by atoms with Crippen LogP contribution < -0.4 is 0 Å². The fraction of sp³-hybridized carbons (Fsp3) is 0.714. The molecule has 0 bridgehead atoms. The molecule has 0 heterocycles. The number of Topliss-reactive ketones (excluding diaryl/α,β-unsaturated/α-hetero) is 1. The first-order valence-corrected chi connectivity index (χ1v) is 3.11. The average molecular weight is 297 g/mol. The number of carbonyl (C=O) groups excluding carboxylic acids is 1. The van der Waals surface area contributed by atoms with E-state index in [-0.39, 0.29) is 26.8 Å². The van der Waals surface area contributed by atoms with Gasteiger partial charge >= 0.3 is 0 Å². The summed E-state index contributed by atoms with van der Waals surface area (Å²) < 4.78 is 0. The molecule has 0 N–H and O–H groups in total. The molecule has 0 aromatic carbocycles. The zero-order valence-corrected chi connectivity index (χ0v) is 8.95. The molecule has 0 amide bonds. The van der Waals surface area contributed by atoms with E-state index in [9.17, 15) is 4.79 Å². The van der Waals surface area contributed by atoms with E-state index in [0.717, 1.165) is 12.8 Å². The van der Waals surface area contributed by atoms with Crippen LogP contribution in [0.25, 0.3) is 0 Å². The molecule has 0 aliphatic carbocycles. The van der Waals surface area contributed by atoms with Crippen LogP contribution >= 0.6 is 0 Å². The first kappa shape index (κ1) is 12.0. The van der Waals surface area contributed by atoms with E-state index in [1.165, 1.54) is 6.42 Å². The number of unbranched alkanes of at least 4 members (excludes halogenated alkanes) is 2. The second-order valence-electron chi connectivity index (χ2n) is 1.96. The summed E-state index contributed by atoms with van der Waals surface area (Å²) in [5.74, 6) is 0.193. The molecule has 0 aliphatic heterocycles. The van der Waals surface area contributed by atoms with E-state index in [0.29, 0.717) is 0 Å². The minimum atomic E-state index is 0. The molecular weight excluding hydrogens is 284 g/mol. The first-order chi connectivity index (χ1) is 3.77. The number of carbonyl (C=O) groups is 1. The van der Waals surface area contributed by atoms with Gasteiger partial charge in [-0.05, 0) is 12.7 Å². The molecule has 0 radical (unpaired) electrons. The van der Waals surface area contributed by atoms with E-state index >= 15 is 0 Å². The van der Waals surface area contributed by atoms with Crippen molar-refractivity contribution in [1.82, 2.24) is 0 Å². The van der Waals surface area contributed by atoms with Crippen molar-refractivity contribution in [1.29, 1.82) is 0 Å². The van der Waals surface area contributed by atoms with E-state index in [4.69, 9.17) is 0 Å². The molecule has 9 heavy (non-hydrogen) atoms. The van der Waals surface area contributed by atoms with Crippen molar-refractivity contribution in [3.05, 3.63) is 6.42 Å². The molecule has 0 fully saturated rings. The summed E-state index contributed by atoms with van der Waals surface area (Å²) in [7, 11) is 0. The molecule has 0 aromatic rings. The number of rotatable bonds is 4. The second-order valence-corrected chi connectivity index (χ2v) is 1.96. The van der Waals surface area contributed by atoms with Gasteiger partial charge in [-0.3, -0.25) is 0 Å². The Balaban J connectivity index is 0. The molecule has 0 aliphatic rings. The summed E-state index contributed by atoms with van der Waals surface area (Å²) in [6, 6.07) is 0. The Labute approximate surface area is 71.5 Å². The zero-order valence-electron chi connectivity index (χ0n) is 6.02. The van der Waals surface area contributed by atoms with Crippen LogP contribution in [0.15, 0.2) is 0 Å². The molecule has 0 saturated carbocycles. The van der Waals surface area contributed by atoms with Gasteiger partial charge < -0.3 is 11.2 Å². The third-order valence-electron chi connectivity index (χ3n) is 0.989. The van der Waals surface area contributed by atoms with Crippen LogP contribution in [0.1, 0.15) is 33.1 Å². The van der Waals surface area contributed by atoms with Gasteiger partial charge in [-0.25, -0.2) is 0 Å². The van der Waals surface area contributed by atoms with Crippen molar-refractivity contribution in [2.24, 2.45) is 0 Å². The Bertz CT molecular complexity index is 71.3. The van der Waals surface area contributed by atoms with Crippen LogP contribution in [0, 0.1) is 6.42 Å². The number of ketones is 1. The molecule has 0 aromatic heterocycles. The first-order valence-electron chi connectivity index (χ1n) is 3.11. The normalized spacial score (nSPS) is 7.78. The minimum Gasteiger partial charge on any atom is -0.335 e. The van der Waals surface area contributed by atoms with Crippen molar-refractivity contribution in [2.45, 2.75) is 33.1 Å². The third-order valence-corrected chi connectivity index (χ3v) is 0.989. The van der Waals surface area contributed by atoms with E-state index in [2.05, 4.69) is 6.92 Å². The van der Waals surface area contributed by atoms with Crippen molar-refractivity contribution in [2.75, 3.05) is 0 Å². The van der Waals surface area contributed by atoms with Crippen LogP contribution in [0.3, 0.4) is 0 Å². The van der Waals surface area contributed by atoms with E-state index in [1.807, 2.05) is 0 Å². The second kappa shape index (κ2) is 8.23. The van der Waals surface area contributed by atoms with Gasteiger partial charge in [-0.2, -0.15) is 6.42 Å². The maximum atomic E-state index is 10.3. The number of hydrogen-bond acceptors (Lipinski definition) is 1. The summed E-state index contributed by atoms with van der Waals surface area (Å²) in [6.45, 7) is 3.71. The summed E-state index contributed by atoms with van der Waals surface area (Å²) >= 11 is 0. The average Bonchev–Trinajstić information content (AvgIpc) is 1.66. The van der Waals surface area contributed by atoms with Crippen molar-refractivity contribution < 1.29 is 25.9 Å². The molecule has 54 valence electrons. The molecule has 0 rings (SSSR count). The monoisotopic (exact) mass is 297 g/mol. The Morgan fingerprint density at radius 1 is 1.56 bits per heavy atom. The Hall–Kier alpha value is 0.228. The number of hydrogen-bond donors (Lipinski definition) is 0. The molecule has 2 heteroatoms. The molecule has 0 saturated heterocycles. The summed E-state index contributed by atoms with van der Waals surface area (Å²) in [5.41, 5.74) is 0. The van der Waals surface area contributed by atoms with E-state index < -0.39 is 0 Å². The van der Waals surface area contributed by atoms with Gasteiger partial charge in [-0.1, -0.05) is 19.8 Å². The topological polar surface area (TPSA) is 17.1 Å². The smallest absolute Gasteiger partial charge is 0 e. The van der Waals surface area contributed by atoms with Gasteiger partial charge in [0.2, 0.25) is 0 Å². The van der Waals surface area contributed by atoms with Crippen LogP contribution in [0.4, 0.5) is 0 Å². The molecular formula is C7H13OW-. The molecule has 1 nitrogen and oxygen atoms in total. The van der Waals surface area contributed by atoms with Gasteiger partial charge in [0.25, 0.3) is 0 Å². The zero-order chi connectivity index (χ0) is 6.41. The van der Waals surface area contributed by atoms with E-state index in [1.54, 1.807) is 13.3 Å². The molecule has 0 spiro atoms. The predicted molar refractivity (Wildman–Crippen MR) is 34.5 cm³/mol. The Kier molecular flexibility index (Phi) is 10.9. The SMILES string of the molecule is CCCC[CH-]C(C)=O.[W]. The quantitative estimate of drug-likeness (QED) is 0.573. The van der Waals surface area contributed by atoms with Crippen LogP contribution in [0.5, 0.6) is 0 Å². The Morgan fingerprint density at radius 2 is 2.11 bits per heavy atom. The van der Waals surface area contributed by atoms with Crippen LogP contribution in [-0.4, -0.2) is 5.78 Å². The van der Waals surface area contributed by atoms with Gasteiger partial charge in [0.1, 0.15) is 0 Å². The van der Waals surface area contributed by atoms with Crippen molar-refractivity contribution in [3.8, 4) is 0 Å².